The van der Waals surface area contributed by atoms with Crippen molar-refractivity contribution in [3.63, 3.8) is 0 Å². The molecule has 3 nitrogen and oxygen atoms in total. The maximum absolute atomic E-state index is 14.1. The minimum absolute atomic E-state index is 0.104. The third-order valence-electron chi connectivity index (χ3n) is 3.33. The van der Waals surface area contributed by atoms with Crippen molar-refractivity contribution >= 4 is 10.9 Å². The van der Waals surface area contributed by atoms with Gasteiger partial charge < -0.3 is 5.73 Å². The summed E-state index contributed by atoms with van der Waals surface area (Å²) >= 11 is 0. The van der Waals surface area contributed by atoms with E-state index in [1.807, 2.05) is 37.3 Å². The van der Waals surface area contributed by atoms with Gasteiger partial charge in [0.25, 0.3) is 0 Å². The molecule has 0 saturated heterocycles. The lowest BCUT2D eigenvalue weighted by atomic mass is 10.0. The van der Waals surface area contributed by atoms with E-state index in [9.17, 15) is 4.39 Å². The molecule has 2 aromatic carbocycles. The first-order chi connectivity index (χ1) is 9.66. The number of halogens is 1. The Kier molecular flexibility index (Phi) is 3.24. The molecule has 0 radical (unpaired) electrons. The highest BCUT2D eigenvalue weighted by Crippen LogP contribution is 2.23. The lowest BCUT2D eigenvalue weighted by molar-refractivity contribution is 0.592. The Morgan fingerprint density at radius 2 is 2.00 bits per heavy atom. The van der Waals surface area contributed by atoms with Gasteiger partial charge in [-0.15, -0.1) is 0 Å². The summed E-state index contributed by atoms with van der Waals surface area (Å²) in [6.07, 6.45) is 2.27. The van der Waals surface area contributed by atoms with E-state index >= 15 is 0 Å². The largest absolute Gasteiger partial charge is 0.328 e. The summed E-state index contributed by atoms with van der Waals surface area (Å²) in [6.45, 7) is 1.87. The highest BCUT2D eigenvalue weighted by atomic mass is 19.1. The molecule has 2 N–H and O–H groups in total. The second kappa shape index (κ2) is 5.06. The summed E-state index contributed by atoms with van der Waals surface area (Å²) in [7, 11) is 0. The first-order valence-electron chi connectivity index (χ1n) is 6.63. The molecule has 20 heavy (non-hydrogen) atoms. The first-order valence-corrected chi connectivity index (χ1v) is 6.63. The van der Waals surface area contributed by atoms with Crippen LogP contribution in [0.15, 0.2) is 48.7 Å². The van der Waals surface area contributed by atoms with E-state index in [2.05, 4.69) is 5.10 Å². The van der Waals surface area contributed by atoms with E-state index in [-0.39, 0.29) is 11.9 Å². The van der Waals surface area contributed by atoms with Crippen molar-refractivity contribution in [1.29, 1.82) is 0 Å². The smallest absolute Gasteiger partial charge is 0.128 e. The van der Waals surface area contributed by atoms with Crippen LogP contribution in [0.5, 0.6) is 0 Å². The third-order valence-corrected chi connectivity index (χ3v) is 3.33. The fourth-order valence-corrected chi connectivity index (χ4v) is 2.43. The molecular formula is C16H16FN3. The number of aromatic nitrogens is 2. The zero-order chi connectivity index (χ0) is 14.1. The molecular weight excluding hydrogens is 253 g/mol. The summed E-state index contributed by atoms with van der Waals surface area (Å²) in [5.74, 6) is -0.237. The van der Waals surface area contributed by atoms with E-state index in [4.69, 9.17) is 5.73 Å². The van der Waals surface area contributed by atoms with Crippen LogP contribution in [-0.4, -0.2) is 15.8 Å². The van der Waals surface area contributed by atoms with Gasteiger partial charge in [0, 0.05) is 17.0 Å². The number of fused-ring (bicyclic) bond motifs is 1. The van der Waals surface area contributed by atoms with Crippen LogP contribution >= 0.6 is 0 Å². The van der Waals surface area contributed by atoms with E-state index < -0.39 is 0 Å². The van der Waals surface area contributed by atoms with Crippen molar-refractivity contribution in [3.8, 4) is 5.69 Å². The van der Waals surface area contributed by atoms with Gasteiger partial charge in [-0.2, -0.15) is 5.10 Å². The van der Waals surface area contributed by atoms with Gasteiger partial charge in [0.15, 0.2) is 0 Å². The van der Waals surface area contributed by atoms with Gasteiger partial charge in [0.2, 0.25) is 0 Å². The molecule has 0 bridgehead atoms. The number of nitrogens with two attached hydrogens (primary N) is 1. The first kappa shape index (κ1) is 12.8. The van der Waals surface area contributed by atoms with Gasteiger partial charge in [-0.25, -0.2) is 9.07 Å². The molecule has 1 atom stereocenters. The topological polar surface area (TPSA) is 43.8 Å². The third kappa shape index (κ3) is 2.18. The molecule has 0 saturated carbocycles. The summed E-state index contributed by atoms with van der Waals surface area (Å²) in [5.41, 5.74) is 8.15. The van der Waals surface area contributed by atoms with Crippen molar-refractivity contribution in [1.82, 2.24) is 9.78 Å². The molecule has 1 unspecified atom stereocenters. The molecule has 0 spiro atoms. The van der Waals surface area contributed by atoms with Crippen LogP contribution in [0.2, 0.25) is 0 Å². The van der Waals surface area contributed by atoms with Crippen LogP contribution < -0.4 is 5.73 Å². The predicted octanol–water partition coefficient (Wildman–Crippen LogP) is 3.05. The molecule has 0 fully saturated rings. The normalized spacial score (nSPS) is 12.8. The molecule has 3 rings (SSSR count). The lowest BCUT2D eigenvalue weighted by Gasteiger charge is -2.13. The van der Waals surface area contributed by atoms with Gasteiger partial charge >= 0.3 is 0 Å². The molecule has 0 aliphatic heterocycles. The maximum atomic E-state index is 14.1. The Morgan fingerprint density at radius 3 is 2.80 bits per heavy atom. The molecule has 102 valence electrons. The van der Waals surface area contributed by atoms with Gasteiger partial charge in [0.1, 0.15) is 5.82 Å². The Bertz CT molecular complexity index is 746. The zero-order valence-electron chi connectivity index (χ0n) is 11.3. The molecule has 0 amide bonds. The highest BCUT2D eigenvalue weighted by Gasteiger charge is 2.14. The van der Waals surface area contributed by atoms with Crippen LogP contribution in [0, 0.1) is 5.82 Å². The van der Waals surface area contributed by atoms with Crippen LogP contribution in [0.1, 0.15) is 12.5 Å². The fraction of sp³-hybridized carbons (Fsp3) is 0.188. The SMILES string of the molecule is CC(N)Cc1c(F)cccc1-n1ncc2ccccc21. The molecule has 0 aliphatic rings. The predicted molar refractivity (Wildman–Crippen MR) is 78.4 cm³/mol. The fourth-order valence-electron chi connectivity index (χ4n) is 2.43. The van der Waals surface area contributed by atoms with Crippen molar-refractivity contribution in [3.05, 3.63) is 60.0 Å². The molecule has 1 heterocycles. The van der Waals surface area contributed by atoms with E-state index in [0.717, 1.165) is 16.6 Å². The summed E-state index contributed by atoms with van der Waals surface area (Å²) in [5, 5.41) is 5.41. The van der Waals surface area contributed by atoms with Crippen LogP contribution in [0.4, 0.5) is 4.39 Å². The van der Waals surface area contributed by atoms with E-state index in [1.54, 1.807) is 16.9 Å². The van der Waals surface area contributed by atoms with E-state index in [1.165, 1.54) is 6.07 Å². The van der Waals surface area contributed by atoms with Gasteiger partial charge in [-0.05, 0) is 31.5 Å². The van der Waals surface area contributed by atoms with Crippen molar-refractivity contribution < 1.29 is 4.39 Å². The number of rotatable bonds is 3. The highest BCUT2D eigenvalue weighted by molar-refractivity contribution is 5.80. The Hall–Kier alpha value is -2.20. The quantitative estimate of drug-likeness (QED) is 0.794. The molecule has 1 aromatic heterocycles. The maximum Gasteiger partial charge on any atom is 0.128 e. The Morgan fingerprint density at radius 1 is 1.20 bits per heavy atom. The standard InChI is InChI=1S/C16H16FN3/c1-11(18)9-13-14(17)6-4-8-16(13)20-15-7-3-2-5-12(15)10-19-20/h2-8,10-11H,9,18H2,1H3. The van der Waals surface area contributed by atoms with Gasteiger partial charge in [-0.3, -0.25) is 0 Å². The minimum atomic E-state index is -0.237. The average Bonchev–Trinajstić information content (AvgIpc) is 2.84. The van der Waals surface area contributed by atoms with Crippen molar-refractivity contribution in [2.45, 2.75) is 19.4 Å². The lowest BCUT2D eigenvalue weighted by Crippen LogP contribution is -2.20. The van der Waals surface area contributed by atoms with Crippen LogP contribution in [0.25, 0.3) is 16.6 Å². The zero-order valence-corrected chi connectivity index (χ0v) is 11.3. The van der Waals surface area contributed by atoms with Crippen molar-refractivity contribution in [2.24, 2.45) is 5.73 Å². The van der Waals surface area contributed by atoms with Crippen LogP contribution in [-0.2, 0) is 6.42 Å². The average molecular weight is 269 g/mol. The number of hydrogen-bond acceptors (Lipinski definition) is 2. The second-order valence-corrected chi connectivity index (χ2v) is 5.03. The monoisotopic (exact) mass is 269 g/mol. The van der Waals surface area contributed by atoms with Crippen LogP contribution in [0.3, 0.4) is 0 Å². The van der Waals surface area contributed by atoms with Crippen molar-refractivity contribution in [2.75, 3.05) is 0 Å². The number of nitrogens with zero attached hydrogens (tertiary/aromatic N) is 2. The summed E-state index contributed by atoms with van der Waals surface area (Å²) < 4.78 is 15.9. The Labute approximate surface area is 116 Å². The summed E-state index contributed by atoms with van der Waals surface area (Å²) in [6, 6.07) is 12.8. The van der Waals surface area contributed by atoms with Gasteiger partial charge in [0.05, 0.1) is 17.4 Å². The number of hydrogen-bond donors (Lipinski definition) is 1. The Balaban J connectivity index is 2.21. The molecule has 4 heteroatoms. The minimum Gasteiger partial charge on any atom is -0.328 e. The van der Waals surface area contributed by atoms with E-state index in [0.29, 0.717) is 12.0 Å². The molecule has 0 aliphatic carbocycles. The second-order valence-electron chi connectivity index (χ2n) is 5.03. The van der Waals surface area contributed by atoms with Gasteiger partial charge in [-0.1, -0.05) is 24.3 Å². The number of benzene rings is 2. The number of para-hydroxylation sites is 1. The summed E-state index contributed by atoms with van der Waals surface area (Å²) in [4.78, 5) is 0. The molecule has 3 aromatic rings.